The number of ether oxygens (including phenoxy) is 1. The third kappa shape index (κ3) is 4.70. The first-order valence-electron chi connectivity index (χ1n) is 13.4. The average Bonchev–Trinajstić information content (AvgIpc) is 3.02. The number of para-hydroxylation sites is 1. The lowest BCUT2D eigenvalue weighted by Gasteiger charge is -2.37. The lowest BCUT2D eigenvalue weighted by molar-refractivity contribution is 0.156. The van der Waals surface area contributed by atoms with Gasteiger partial charge in [0.15, 0.2) is 5.60 Å². The van der Waals surface area contributed by atoms with Crippen LogP contribution >= 0.6 is 0 Å². The molecule has 0 saturated carbocycles. The number of hydrogen-bond acceptors (Lipinski definition) is 3. The molecular weight excluding hydrogens is 488 g/mol. The van der Waals surface area contributed by atoms with E-state index in [1.807, 2.05) is 72.8 Å². The molecule has 6 aromatic rings. The Labute approximate surface area is 235 Å². The molecule has 0 bridgehead atoms. The van der Waals surface area contributed by atoms with Gasteiger partial charge in [-0.05, 0) is 41.5 Å². The van der Waals surface area contributed by atoms with Gasteiger partial charge in [0.25, 0.3) is 0 Å². The minimum absolute atomic E-state index is 0.681. The van der Waals surface area contributed by atoms with E-state index < -0.39 is 5.60 Å². The summed E-state index contributed by atoms with van der Waals surface area (Å²) in [6.07, 6.45) is 0. The Kier molecular flexibility index (Phi) is 6.78. The predicted octanol–water partition coefficient (Wildman–Crippen LogP) is 8.56. The fourth-order valence-electron chi connectivity index (χ4n) is 5.28. The number of nitrogen functional groups attached to an aromatic ring is 2. The van der Waals surface area contributed by atoms with Gasteiger partial charge in [0.05, 0.1) is 0 Å². The highest BCUT2D eigenvalue weighted by atomic mass is 16.5. The second-order valence-corrected chi connectivity index (χ2v) is 9.80. The van der Waals surface area contributed by atoms with Crippen LogP contribution in [0, 0.1) is 0 Å². The maximum atomic E-state index is 7.29. The maximum Gasteiger partial charge on any atom is 0.184 e. The molecule has 0 radical (unpaired) electrons. The van der Waals surface area contributed by atoms with E-state index in [0.29, 0.717) is 5.69 Å². The predicted molar refractivity (Wildman–Crippen MR) is 166 cm³/mol. The topological polar surface area (TPSA) is 61.3 Å². The average molecular weight is 519 g/mol. The van der Waals surface area contributed by atoms with Gasteiger partial charge >= 0.3 is 0 Å². The molecule has 0 spiro atoms. The summed E-state index contributed by atoms with van der Waals surface area (Å²) in [6.45, 7) is 0. The molecule has 0 atom stereocenters. The van der Waals surface area contributed by atoms with Crippen LogP contribution in [0.1, 0.15) is 16.7 Å². The fraction of sp³-hybridized carbons (Fsp3) is 0.0270. The minimum atomic E-state index is -0.900. The zero-order chi connectivity index (χ0) is 27.4. The van der Waals surface area contributed by atoms with E-state index in [1.165, 1.54) is 0 Å². The van der Waals surface area contributed by atoms with Crippen molar-refractivity contribution in [3.8, 4) is 28.0 Å². The van der Waals surface area contributed by atoms with Crippen molar-refractivity contribution in [3.05, 3.63) is 174 Å². The Morgan fingerprint density at radius 2 is 0.900 bits per heavy atom. The molecule has 3 heteroatoms. The first-order valence-corrected chi connectivity index (χ1v) is 13.4. The first-order chi connectivity index (χ1) is 19.6. The number of nitrogens with two attached hydrogens (primary N) is 2. The molecule has 0 heterocycles. The van der Waals surface area contributed by atoms with E-state index in [9.17, 15) is 0 Å². The molecule has 0 aliphatic heterocycles. The molecule has 0 aliphatic carbocycles. The molecule has 0 amide bonds. The van der Waals surface area contributed by atoms with Crippen LogP contribution in [0.2, 0.25) is 0 Å². The molecule has 0 aromatic heterocycles. The van der Waals surface area contributed by atoms with Crippen LogP contribution in [0.4, 0.5) is 11.4 Å². The van der Waals surface area contributed by atoms with Crippen LogP contribution in [0.3, 0.4) is 0 Å². The van der Waals surface area contributed by atoms with Crippen LogP contribution < -0.4 is 16.2 Å². The standard InChI is InChI=1S/C37H30N2O/c38-32-23-20-27(21-24-32)28-22-25-35(39)34(26-28)33-18-10-11-19-36(33)40-37(29-12-4-1-5-13-29,30-14-6-2-7-15-30)31-16-8-3-9-17-31/h1-26H,38-39H2. The molecule has 0 aliphatic rings. The number of hydrogen-bond donors (Lipinski definition) is 2. The lowest BCUT2D eigenvalue weighted by Crippen LogP contribution is -2.36. The van der Waals surface area contributed by atoms with Gasteiger partial charge in [-0.1, -0.05) is 127 Å². The van der Waals surface area contributed by atoms with Crippen LogP contribution in [0.25, 0.3) is 22.3 Å². The normalized spacial score (nSPS) is 11.2. The van der Waals surface area contributed by atoms with Gasteiger partial charge in [-0.3, -0.25) is 0 Å². The van der Waals surface area contributed by atoms with E-state index in [-0.39, 0.29) is 0 Å². The van der Waals surface area contributed by atoms with E-state index in [0.717, 1.165) is 50.4 Å². The first kappa shape index (κ1) is 25.0. The summed E-state index contributed by atoms with van der Waals surface area (Å²) in [4.78, 5) is 0. The molecule has 0 unspecified atom stereocenters. The second kappa shape index (κ2) is 10.8. The van der Waals surface area contributed by atoms with Crippen LogP contribution in [-0.4, -0.2) is 0 Å². The van der Waals surface area contributed by atoms with Crippen molar-refractivity contribution in [3.63, 3.8) is 0 Å². The minimum Gasteiger partial charge on any atom is -0.472 e. The maximum absolute atomic E-state index is 7.29. The van der Waals surface area contributed by atoms with E-state index in [4.69, 9.17) is 16.2 Å². The zero-order valence-corrected chi connectivity index (χ0v) is 22.1. The Morgan fingerprint density at radius 1 is 0.425 bits per heavy atom. The molecule has 4 N–H and O–H groups in total. The molecule has 0 saturated heterocycles. The highest BCUT2D eigenvalue weighted by Gasteiger charge is 2.39. The van der Waals surface area contributed by atoms with Crippen molar-refractivity contribution in [1.82, 2.24) is 0 Å². The van der Waals surface area contributed by atoms with E-state index >= 15 is 0 Å². The lowest BCUT2D eigenvalue weighted by atomic mass is 9.80. The molecule has 3 nitrogen and oxygen atoms in total. The summed E-state index contributed by atoms with van der Waals surface area (Å²) < 4.78 is 7.29. The van der Waals surface area contributed by atoms with Gasteiger partial charge < -0.3 is 16.2 Å². The van der Waals surface area contributed by atoms with Gasteiger partial charge in [0, 0.05) is 39.2 Å². The number of benzene rings is 6. The largest absolute Gasteiger partial charge is 0.472 e. The number of rotatable bonds is 7. The van der Waals surface area contributed by atoms with Crippen LogP contribution in [0.15, 0.2) is 158 Å². The van der Waals surface area contributed by atoms with Crippen LogP contribution in [0.5, 0.6) is 5.75 Å². The molecule has 40 heavy (non-hydrogen) atoms. The third-order valence-electron chi connectivity index (χ3n) is 7.28. The van der Waals surface area contributed by atoms with Crippen molar-refractivity contribution in [2.24, 2.45) is 0 Å². The van der Waals surface area contributed by atoms with Crippen LogP contribution in [-0.2, 0) is 5.60 Å². The van der Waals surface area contributed by atoms with Crippen molar-refractivity contribution in [2.45, 2.75) is 5.60 Å². The summed E-state index contributed by atoms with van der Waals surface area (Å²) in [5.74, 6) is 0.736. The summed E-state index contributed by atoms with van der Waals surface area (Å²) in [7, 11) is 0. The SMILES string of the molecule is Nc1ccc(-c2ccc(N)c(-c3ccccc3OC(c3ccccc3)(c3ccccc3)c3ccccc3)c2)cc1. The highest BCUT2D eigenvalue weighted by molar-refractivity contribution is 5.85. The fourth-order valence-corrected chi connectivity index (χ4v) is 5.28. The van der Waals surface area contributed by atoms with E-state index in [2.05, 4.69) is 84.9 Å². The molecule has 6 aromatic carbocycles. The highest BCUT2D eigenvalue weighted by Crippen LogP contribution is 2.45. The monoisotopic (exact) mass is 518 g/mol. The summed E-state index contributed by atoms with van der Waals surface area (Å²) >= 11 is 0. The summed E-state index contributed by atoms with van der Waals surface area (Å²) in [5, 5.41) is 0. The van der Waals surface area contributed by atoms with Crippen molar-refractivity contribution >= 4 is 11.4 Å². The summed E-state index contributed by atoms with van der Waals surface area (Å²) in [5.41, 5.74) is 20.1. The summed E-state index contributed by atoms with van der Waals surface area (Å²) in [6, 6.07) is 53.3. The Hall–Kier alpha value is -5.28. The van der Waals surface area contributed by atoms with Gasteiger partial charge in [-0.15, -0.1) is 0 Å². The van der Waals surface area contributed by atoms with Gasteiger partial charge in [0.1, 0.15) is 5.75 Å². The molecule has 194 valence electrons. The Balaban J connectivity index is 1.56. The van der Waals surface area contributed by atoms with Crippen molar-refractivity contribution < 1.29 is 4.74 Å². The zero-order valence-electron chi connectivity index (χ0n) is 22.1. The molecule has 0 fully saturated rings. The Morgan fingerprint density at radius 3 is 1.45 bits per heavy atom. The van der Waals surface area contributed by atoms with Gasteiger partial charge in [0.2, 0.25) is 0 Å². The number of anilines is 2. The quantitative estimate of drug-likeness (QED) is 0.164. The van der Waals surface area contributed by atoms with Gasteiger partial charge in [-0.2, -0.15) is 0 Å². The van der Waals surface area contributed by atoms with Gasteiger partial charge in [-0.25, -0.2) is 0 Å². The van der Waals surface area contributed by atoms with E-state index in [1.54, 1.807) is 0 Å². The second-order valence-electron chi connectivity index (χ2n) is 9.80. The van der Waals surface area contributed by atoms with Crippen molar-refractivity contribution in [2.75, 3.05) is 11.5 Å². The van der Waals surface area contributed by atoms with Crippen molar-refractivity contribution in [1.29, 1.82) is 0 Å². The Bertz CT molecular complexity index is 1620. The molecule has 6 rings (SSSR count). The third-order valence-corrected chi connectivity index (χ3v) is 7.28. The smallest absolute Gasteiger partial charge is 0.184 e. The molecular formula is C37H30N2O.